The SMILES string of the molecule is CCCNCc1ccoc1Cl. The van der Waals surface area contributed by atoms with Gasteiger partial charge in [-0.25, -0.2) is 0 Å². The molecule has 0 bridgehead atoms. The average molecular weight is 174 g/mol. The van der Waals surface area contributed by atoms with E-state index in [-0.39, 0.29) is 0 Å². The number of rotatable bonds is 4. The first-order valence-corrected chi connectivity index (χ1v) is 4.15. The molecule has 0 aliphatic carbocycles. The molecule has 0 unspecified atom stereocenters. The predicted molar refractivity (Wildman–Crippen MR) is 45.7 cm³/mol. The second kappa shape index (κ2) is 4.42. The monoisotopic (exact) mass is 173 g/mol. The topological polar surface area (TPSA) is 25.2 Å². The Bertz CT molecular complexity index is 210. The number of hydrogen-bond donors (Lipinski definition) is 1. The van der Waals surface area contributed by atoms with E-state index >= 15 is 0 Å². The lowest BCUT2D eigenvalue weighted by Gasteiger charge is -1.98. The van der Waals surface area contributed by atoms with Crippen molar-refractivity contribution < 1.29 is 4.42 Å². The third-order valence-electron chi connectivity index (χ3n) is 1.44. The molecule has 1 aromatic rings. The molecule has 62 valence electrons. The lowest BCUT2D eigenvalue weighted by atomic mass is 10.3. The summed E-state index contributed by atoms with van der Waals surface area (Å²) < 4.78 is 4.92. The molecule has 1 heterocycles. The smallest absolute Gasteiger partial charge is 0.197 e. The molecule has 2 nitrogen and oxygen atoms in total. The molecule has 1 N–H and O–H groups in total. The summed E-state index contributed by atoms with van der Waals surface area (Å²) >= 11 is 5.71. The first-order valence-electron chi connectivity index (χ1n) is 3.77. The van der Waals surface area contributed by atoms with Crippen LogP contribution in [0, 0.1) is 0 Å². The second-order valence-electron chi connectivity index (χ2n) is 2.40. The second-order valence-corrected chi connectivity index (χ2v) is 2.74. The number of halogens is 1. The Kier molecular flexibility index (Phi) is 3.46. The molecule has 0 spiro atoms. The largest absolute Gasteiger partial charge is 0.453 e. The van der Waals surface area contributed by atoms with Crippen LogP contribution in [-0.2, 0) is 6.54 Å². The van der Waals surface area contributed by atoms with Gasteiger partial charge in [0.05, 0.1) is 6.26 Å². The zero-order valence-electron chi connectivity index (χ0n) is 6.56. The molecule has 0 amide bonds. The molecule has 0 fully saturated rings. The van der Waals surface area contributed by atoms with Crippen LogP contribution in [0.4, 0.5) is 0 Å². The minimum absolute atomic E-state index is 0.494. The highest BCUT2D eigenvalue weighted by Crippen LogP contribution is 2.15. The van der Waals surface area contributed by atoms with Gasteiger partial charge in [-0.1, -0.05) is 6.92 Å². The quantitative estimate of drug-likeness (QED) is 0.708. The van der Waals surface area contributed by atoms with Gasteiger partial charge in [-0.15, -0.1) is 0 Å². The standard InChI is InChI=1S/C8H12ClNO/c1-2-4-10-6-7-3-5-11-8(7)9/h3,5,10H,2,4,6H2,1H3. The van der Waals surface area contributed by atoms with Gasteiger partial charge in [-0.3, -0.25) is 0 Å². The normalized spacial score (nSPS) is 10.4. The average Bonchev–Trinajstić information content (AvgIpc) is 2.37. The van der Waals surface area contributed by atoms with E-state index in [1.807, 2.05) is 6.07 Å². The van der Waals surface area contributed by atoms with Crippen LogP contribution in [0.15, 0.2) is 16.7 Å². The highest BCUT2D eigenvalue weighted by atomic mass is 35.5. The van der Waals surface area contributed by atoms with Crippen LogP contribution in [-0.4, -0.2) is 6.54 Å². The fourth-order valence-electron chi connectivity index (χ4n) is 0.845. The number of furan rings is 1. The Morgan fingerprint density at radius 2 is 2.45 bits per heavy atom. The summed E-state index contributed by atoms with van der Waals surface area (Å²) in [7, 11) is 0. The maximum Gasteiger partial charge on any atom is 0.197 e. The summed E-state index contributed by atoms with van der Waals surface area (Å²) in [5, 5.41) is 3.73. The van der Waals surface area contributed by atoms with Gasteiger partial charge < -0.3 is 9.73 Å². The molecule has 0 aromatic carbocycles. The van der Waals surface area contributed by atoms with Crippen LogP contribution in [0.5, 0.6) is 0 Å². The first kappa shape index (κ1) is 8.62. The molecular weight excluding hydrogens is 162 g/mol. The van der Waals surface area contributed by atoms with Crippen LogP contribution in [0.1, 0.15) is 18.9 Å². The molecule has 0 radical (unpaired) electrons. The van der Waals surface area contributed by atoms with Gasteiger partial charge in [0.15, 0.2) is 5.22 Å². The van der Waals surface area contributed by atoms with Crippen LogP contribution in [0.2, 0.25) is 5.22 Å². The van der Waals surface area contributed by atoms with E-state index in [1.54, 1.807) is 6.26 Å². The Morgan fingerprint density at radius 1 is 1.64 bits per heavy atom. The van der Waals surface area contributed by atoms with E-state index in [0.717, 1.165) is 25.1 Å². The van der Waals surface area contributed by atoms with E-state index in [9.17, 15) is 0 Å². The van der Waals surface area contributed by atoms with Crippen molar-refractivity contribution in [3.05, 3.63) is 23.1 Å². The summed E-state index contributed by atoms with van der Waals surface area (Å²) in [5.74, 6) is 0. The van der Waals surface area contributed by atoms with Crippen LogP contribution >= 0.6 is 11.6 Å². The lowest BCUT2D eigenvalue weighted by molar-refractivity contribution is 0.562. The van der Waals surface area contributed by atoms with Gasteiger partial charge in [0, 0.05) is 12.1 Å². The third-order valence-corrected chi connectivity index (χ3v) is 1.77. The van der Waals surface area contributed by atoms with E-state index in [2.05, 4.69) is 12.2 Å². The Morgan fingerprint density at radius 3 is 3.00 bits per heavy atom. The highest BCUT2D eigenvalue weighted by Gasteiger charge is 2.00. The van der Waals surface area contributed by atoms with Gasteiger partial charge in [0.2, 0.25) is 0 Å². The fraction of sp³-hybridized carbons (Fsp3) is 0.500. The van der Waals surface area contributed by atoms with Gasteiger partial charge in [0.1, 0.15) is 0 Å². The molecule has 1 aromatic heterocycles. The van der Waals surface area contributed by atoms with E-state index in [1.165, 1.54) is 0 Å². The van der Waals surface area contributed by atoms with Crippen molar-refractivity contribution in [2.75, 3.05) is 6.54 Å². The summed E-state index contributed by atoms with van der Waals surface area (Å²) in [6.07, 6.45) is 2.74. The molecule has 3 heteroatoms. The zero-order valence-corrected chi connectivity index (χ0v) is 7.32. The van der Waals surface area contributed by atoms with Crippen molar-refractivity contribution in [3.63, 3.8) is 0 Å². The van der Waals surface area contributed by atoms with Crippen molar-refractivity contribution in [2.24, 2.45) is 0 Å². The molecule has 0 saturated carbocycles. The van der Waals surface area contributed by atoms with Crippen molar-refractivity contribution in [3.8, 4) is 0 Å². The molecule has 1 rings (SSSR count). The zero-order chi connectivity index (χ0) is 8.10. The third kappa shape index (κ3) is 2.56. The summed E-state index contributed by atoms with van der Waals surface area (Å²) in [5.41, 5.74) is 1.03. The number of nitrogens with one attached hydrogen (secondary N) is 1. The molecule has 0 atom stereocenters. The number of hydrogen-bond acceptors (Lipinski definition) is 2. The van der Waals surface area contributed by atoms with Crippen molar-refractivity contribution in [2.45, 2.75) is 19.9 Å². The molecule has 0 aliphatic rings. The van der Waals surface area contributed by atoms with Gasteiger partial charge >= 0.3 is 0 Å². The minimum atomic E-state index is 0.494. The predicted octanol–water partition coefficient (Wildman–Crippen LogP) is 2.43. The Labute approximate surface area is 71.5 Å². The lowest BCUT2D eigenvalue weighted by Crippen LogP contribution is -2.13. The fourth-order valence-corrected chi connectivity index (χ4v) is 1.03. The minimum Gasteiger partial charge on any atom is -0.453 e. The van der Waals surface area contributed by atoms with Crippen molar-refractivity contribution in [1.29, 1.82) is 0 Å². The molecule has 0 aliphatic heterocycles. The Hall–Kier alpha value is -0.470. The molecule has 0 saturated heterocycles. The van der Waals surface area contributed by atoms with E-state index in [4.69, 9.17) is 16.0 Å². The van der Waals surface area contributed by atoms with E-state index < -0.39 is 0 Å². The summed E-state index contributed by atoms with van der Waals surface area (Å²) in [4.78, 5) is 0. The maximum atomic E-state index is 5.71. The van der Waals surface area contributed by atoms with Gasteiger partial charge in [-0.2, -0.15) is 0 Å². The highest BCUT2D eigenvalue weighted by molar-refractivity contribution is 6.29. The molecule has 11 heavy (non-hydrogen) atoms. The maximum absolute atomic E-state index is 5.71. The van der Waals surface area contributed by atoms with Crippen LogP contribution < -0.4 is 5.32 Å². The van der Waals surface area contributed by atoms with Gasteiger partial charge in [-0.05, 0) is 30.6 Å². The van der Waals surface area contributed by atoms with E-state index in [0.29, 0.717) is 5.22 Å². The van der Waals surface area contributed by atoms with Crippen molar-refractivity contribution >= 4 is 11.6 Å². The van der Waals surface area contributed by atoms with Crippen molar-refractivity contribution in [1.82, 2.24) is 5.32 Å². The van der Waals surface area contributed by atoms with Gasteiger partial charge in [0.25, 0.3) is 0 Å². The first-order chi connectivity index (χ1) is 5.34. The Balaban J connectivity index is 2.32. The summed E-state index contributed by atoms with van der Waals surface area (Å²) in [6.45, 7) is 3.94. The molecular formula is C8H12ClNO. The summed E-state index contributed by atoms with van der Waals surface area (Å²) in [6, 6.07) is 1.88. The van der Waals surface area contributed by atoms with Crippen LogP contribution in [0.25, 0.3) is 0 Å². The van der Waals surface area contributed by atoms with Crippen LogP contribution in [0.3, 0.4) is 0 Å².